The largest absolute Gasteiger partial charge is 0.383 e. The molecule has 0 spiro atoms. The number of hydrogen-bond donors (Lipinski definition) is 2. The smallest absolute Gasteiger partial charge is 0.222 e. The molecule has 0 aliphatic carbocycles. The highest BCUT2D eigenvalue weighted by atomic mass is 15.1. The van der Waals surface area contributed by atoms with Crippen LogP contribution in [0.1, 0.15) is 0 Å². The monoisotopic (exact) mass is 201 g/mol. The Morgan fingerprint density at radius 1 is 1.27 bits per heavy atom. The van der Waals surface area contributed by atoms with Crippen LogP contribution in [0.3, 0.4) is 0 Å². The van der Waals surface area contributed by atoms with Gasteiger partial charge in [0, 0.05) is 16.0 Å². The van der Waals surface area contributed by atoms with Crippen LogP contribution < -0.4 is 11.5 Å². The Kier molecular flexibility index (Phi) is 2.00. The zero-order chi connectivity index (χ0) is 10.8. The summed E-state index contributed by atoms with van der Waals surface area (Å²) in [6.45, 7) is 0. The Hall–Kier alpha value is -2.53. The minimum absolute atomic E-state index is 0.122. The van der Waals surface area contributed by atoms with Crippen LogP contribution in [0.25, 0.3) is 21.3 Å². The summed E-state index contributed by atoms with van der Waals surface area (Å²) < 4.78 is 0. The van der Waals surface area contributed by atoms with Gasteiger partial charge in [0.25, 0.3) is 0 Å². The number of nitrogens with zero attached hydrogens (tertiary/aromatic N) is 5. The summed E-state index contributed by atoms with van der Waals surface area (Å²) in [6.07, 6.45) is 0. The molecule has 1 heterocycles. The molecule has 7 nitrogen and oxygen atoms in total. The predicted molar refractivity (Wildman–Crippen MR) is 57.2 cm³/mol. The van der Waals surface area contributed by atoms with Crippen LogP contribution in [0.4, 0.5) is 17.5 Å². The Morgan fingerprint density at radius 2 is 2.07 bits per heavy atom. The number of benzene rings is 1. The van der Waals surface area contributed by atoms with E-state index in [-0.39, 0.29) is 11.8 Å². The van der Waals surface area contributed by atoms with Crippen molar-refractivity contribution >= 4 is 28.4 Å². The first-order chi connectivity index (χ1) is 7.20. The fraction of sp³-hybridized carbons (Fsp3) is 0. The number of hydrogen-bond acceptors (Lipinski definition) is 5. The van der Waals surface area contributed by atoms with Gasteiger partial charge in [0.05, 0.1) is 5.52 Å². The molecule has 2 rings (SSSR count). The summed E-state index contributed by atoms with van der Waals surface area (Å²) in [6, 6.07) is 4.92. The molecule has 0 aliphatic heterocycles. The van der Waals surface area contributed by atoms with Crippen molar-refractivity contribution in [3.63, 3.8) is 0 Å². The Morgan fingerprint density at radius 3 is 2.80 bits per heavy atom. The molecular weight excluding hydrogens is 194 g/mol. The number of fused-ring (bicyclic) bond motifs is 1. The van der Waals surface area contributed by atoms with Crippen LogP contribution in [0, 0.1) is 0 Å². The van der Waals surface area contributed by atoms with E-state index in [0.29, 0.717) is 16.6 Å². The molecule has 0 radical (unpaired) electrons. The van der Waals surface area contributed by atoms with Crippen molar-refractivity contribution in [2.24, 2.45) is 5.11 Å². The molecule has 1 aromatic carbocycles. The van der Waals surface area contributed by atoms with Crippen molar-refractivity contribution in [1.29, 1.82) is 0 Å². The maximum Gasteiger partial charge on any atom is 0.222 e. The lowest BCUT2D eigenvalue weighted by Crippen LogP contribution is -2.00. The second-order valence-electron chi connectivity index (χ2n) is 2.86. The maximum absolute atomic E-state index is 8.28. The summed E-state index contributed by atoms with van der Waals surface area (Å²) in [5.41, 5.74) is 20.5. The van der Waals surface area contributed by atoms with Crippen LogP contribution >= 0.6 is 0 Å². The van der Waals surface area contributed by atoms with Gasteiger partial charge in [0.15, 0.2) is 0 Å². The highest BCUT2D eigenvalue weighted by Gasteiger charge is 2.03. The minimum Gasteiger partial charge on any atom is -0.383 e. The van der Waals surface area contributed by atoms with Gasteiger partial charge in [-0.2, -0.15) is 4.98 Å². The van der Waals surface area contributed by atoms with Gasteiger partial charge in [-0.25, -0.2) is 4.98 Å². The quantitative estimate of drug-likeness (QED) is 0.413. The summed E-state index contributed by atoms with van der Waals surface area (Å²) >= 11 is 0. The van der Waals surface area contributed by atoms with Crippen molar-refractivity contribution < 1.29 is 0 Å². The maximum atomic E-state index is 8.28. The molecule has 0 amide bonds. The lowest BCUT2D eigenvalue weighted by atomic mass is 10.2. The van der Waals surface area contributed by atoms with Gasteiger partial charge in [-0.05, 0) is 17.7 Å². The third-order valence-electron chi connectivity index (χ3n) is 1.89. The molecule has 0 aliphatic rings. The minimum atomic E-state index is 0.122. The fourth-order valence-corrected chi connectivity index (χ4v) is 1.27. The number of anilines is 2. The molecule has 0 bridgehead atoms. The van der Waals surface area contributed by atoms with Crippen molar-refractivity contribution in [3.05, 3.63) is 28.6 Å². The highest BCUT2D eigenvalue weighted by molar-refractivity contribution is 5.90. The summed E-state index contributed by atoms with van der Waals surface area (Å²) in [5, 5.41) is 4.08. The molecular formula is C8H7N7. The average Bonchev–Trinajstić information content (AvgIpc) is 2.19. The van der Waals surface area contributed by atoms with Gasteiger partial charge in [-0.1, -0.05) is 11.2 Å². The number of aromatic nitrogens is 2. The van der Waals surface area contributed by atoms with Crippen LogP contribution in [0.5, 0.6) is 0 Å². The molecule has 0 saturated heterocycles. The summed E-state index contributed by atoms with van der Waals surface area (Å²) in [7, 11) is 0. The summed E-state index contributed by atoms with van der Waals surface area (Å²) in [5.74, 6) is 0.393. The number of nitrogen functional groups attached to an aromatic ring is 2. The van der Waals surface area contributed by atoms with Crippen LogP contribution in [0.15, 0.2) is 23.3 Å². The molecule has 0 saturated carbocycles. The SMILES string of the molecule is [N-]=[N+]=Nc1ccc2nc(N)nc(N)c2c1. The van der Waals surface area contributed by atoms with Gasteiger partial charge in [-0.15, -0.1) is 0 Å². The molecule has 4 N–H and O–H groups in total. The van der Waals surface area contributed by atoms with Crippen LogP contribution in [-0.4, -0.2) is 9.97 Å². The average molecular weight is 201 g/mol. The lowest BCUT2D eigenvalue weighted by molar-refractivity contribution is 1.24. The molecule has 7 heteroatoms. The lowest BCUT2D eigenvalue weighted by Gasteiger charge is -2.02. The van der Waals surface area contributed by atoms with Crippen molar-refractivity contribution in [2.75, 3.05) is 11.5 Å². The second kappa shape index (κ2) is 3.32. The Balaban J connectivity index is 2.76. The standard InChI is InChI=1S/C8H7N7/c9-7-5-3-4(14-15-11)1-2-6(5)12-8(10)13-7/h1-3H,(H4,9,10,12,13). The zero-order valence-corrected chi connectivity index (χ0v) is 7.62. The molecule has 1 aromatic heterocycles. The van der Waals surface area contributed by atoms with Gasteiger partial charge in [0.2, 0.25) is 5.95 Å². The van der Waals surface area contributed by atoms with E-state index in [0.717, 1.165) is 0 Å². The van der Waals surface area contributed by atoms with Crippen LogP contribution in [0.2, 0.25) is 0 Å². The third kappa shape index (κ3) is 1.59. The third-order valence-corrected chi connectivity index (χ3v) is 1.89. The van der Waals surface area contributed by atoms with E-state index in [4.69, 9.17) is 17.0 Å². The van der Waals surface area contributed by atoms with E-state index in [9.17, 15) is 0 Å². The van der Waals surface area contributed by atoms with Gasteiger partial charge >= 0.3 is 0 Å². The van der Waals surface area contributed by atoms with Crippen LogP contribution in [-0.2, 0) is 0 Å². The molecule has 15 heavy (non-hydrogen) atoms. The molecule has 0 atom stereocenters. The van der Waals surface area contributed by atoms with E-state index < -0.39 is 0 Å². The second-order valence-corrected chi connectivity index (χ2v) is 2.86. The van der Waals surface area contributed by atoms with Crippen molar-refractivity contribution in [2.45, 2.75) is 0 Å². The normalized spacial score (nSPS) is 9.87. The molecule has 74 valence electrons. The van der Waals surface area contributed by atoms with E-state index in [1.54, 1.807) is 18.2 Å². The summed E-state index contributed by atoms with van der Waals surface area (Å²) in [4.78, 5) is 10.5. The highest BCUT2D eigenvalue weighted by Crippen LogP contribution is 2.24. The fourth-order valence-electron chi connectivity index (χ4n) is 1.27. The molecule has 2 aromatic rings. The first-order valence-corrected chi connectivity index (χ1v) is 4.08. The van der Waals surface area contributed by atoms with E-state index in [2.05, 4.69) is 20.0 Å². The number of rotatable bonds is 1. The van der Waals surface area contributed by atoms with E-state index in [1.165, 1.54) is 0 Å². The first-order valence-electron chi connectivity index (χ1n) is 4.08. The predicted octanol–water partition coefficient (Wildman–Crippen LogP) is 1.74. The Labute approximate surface area is 84.4 Å². The van der Waals surface area contributed by atoms with E-state index in [1.807, 2.05) is 0 Å². The van der Waals surface area contributed by atoms with Gasteiger partial charge in [0.1, 0.15) is 5.82 Å². The number of nitrogens with two attached hydrogens (primary N) is 2. The van der Waals surface area contributed by atoms with E-state index >= 15 is 0 Å². The molecule has 0 fully saturated rings. The molecule has 0 unspecified atom stereocenters. The topological polar surface area (TPSA) is 127 Å². The van der Waals surface area contributed by atoms with Gasteiger partial charge in [-0.3, -0.25) is 0 Å². The van der Waals surface area contributed by atoms with Crippen molar-refractivity contribution in [3.8, 4) is 0 Å². The van der Waals surface area contributed by atoms with Crippen molar-refractivity contribution in [1.82, 2.24) is 9.97 Å². The first kappa shape index (κ1) is 9.04. The number of azide groups is 1. The Bertz CT molecular complexity index is 570. The van der Waals surface area contributed by atoms with Gasteiger partial charge < -0.3 is 11.5 Å². The zero-order valence-electron chi connectivity index (χ0n) is 7.62.